The topological polar surface area (TPSA) is 58.8 Å². The minimum absolute atomic E-state index is 0.0199. The molecule has 1 aromatic rings. The van der Waals surface area contributed by atoms with Crippen LogP contribution in [0.25, 0.3) is 0 Å². The van der Waals surface area contributed by atoms with Crippen molar-refractivity contribution in [3.05, 3.63) is 34.6 Å². The zero-order chi connectivity index (χ0) is 16.1. The molecule has 2 rings (SSSR count). The van der Waals surface area contributed by atoms with Gasteiger partial charge in [-0.2, -0.15) is 0 Å². The van der Waals surface area contributed by atoms with Crippen molar-refractivity contribution in [3.8, 4) is 0 Å². The molecule has 1 atom stereocenters. The Morgan fingerprint density at radius 3 is 3.05 bits per heavy atom. The van der Waals surface area contributed by atoms with Crippen molar-refractivity contribution in [2.24, 2.45) is 5.73 Å². The van der Waals surface area contributed by atoms with Gasteiger partial charge in [-0.3, -0.25) is 14.6 Å². The summed E-state index contributed by atoms with van der Waals surface area (Å²) in [5.74, 6) is -0.653. The van der Waals surface area contributed by atoms with E-state index >= 15 is 0 Å². The average molecular weight is 330 g/mol. The Morgan fingerprint density at radius 2 is 2.36 bits per heavy atom. The van der Waals surface area contributed by atoms with E-state index in [2.05, 4.69) is 4.90 Å². The molecule has 0 aromatic heterocycles. The van der Waals surface area contributed by atoms with Crippen molar-refractivity contribution in [2.45, 2.75) is 12.6 Å². The highest BCUT2D eigenvalue weighted by molar-refractivity contribution is 6.30. The van der Waals surface area contributed by atoms with Crippen LogP contribution in [0.15, 0.2) is 18.2 Å². The smallest absolute Gasteiger partial charge is 0.231 e. The second-order valence-corrected chi connectivity index (χ2v) is 6.06. The number of halogens is 2. The fourth-order valence-electron chi connectivity index (χ4n) is 2.60. The highest BCUT2D eigenvalue weighted by Gasteiger charge is 2.22. The van der Waals surface area contributed by atoms with Crippen molar-refractivity contribution >= 4 is 17.5 Å². The van der Waals surface area contributed by atoms with Crippen molar-refractivity contribution in [1.82, 2.24) is 9.80 Å². The largest absolute Gasteiger partial charge is 0.374 e. The first-order valence-corrected chi connectivity index (χ1v) is 7.56. The summed E-state index contributed by atoms with van der Waals surface area (Å²) in [4.78, 5) is 14.9. The molecule has 2 N–H and O–H groups in total. The van der Waals surface area contributed by atoms with E-state index in [1.54, 1.807) is 12.1 Å². The van der Waals surface area contributed by atoms with E-state index in [1.807, 2.05) is 11.9 Å². The highest BCUT2D eigenvalue weighted by Crippen LogP contribution is 2.17. The van der Waals surface area contributed by atoms with Gasteiger partial charge < -0.3 is 10.5 Å². The Morgan fingerprint density at radius 1 is 1.59 bits per heavy atom. The maximum atomic E-state index is 13.9. The van der Waals surface area contributed by atoms with Crippen LogP contribution in [0.2, 0.25) is 5.02 Å². The number of hydrogen-bond donors (Lipinski definition) is 1. The third-order valence-corrected chi connectivity index (χ3v) is 3.81. The normalized spacial score (nSPS) is 19.5. The van der Waals surface area contributed by atoms with E-state index in [-0.39, 0.29) is 24.4 Å². The van der Waals surface area contributed by atoms with Crippen LogP contribution >= 0.6 is 11.6 Å². The highest BCUT2D eigenvalue weighted by atomic mass is 35.5. The van der Waals surface area contributed by atoms with E-state index in [4.69, 9.17) is 22.1 Å². The number of ether oxygens (including phenoxy) is 1. The molecule has 1 fully saturated rings. The minimum Gasteiger partial charge on any atom is -0.374 e. The molecule has 0 saturated carbocycles. The van der Waals surface area contributed by atoms with Gasteiger partial charge in [-0.1, -0.05) is 17.7 Å². The van der Waals surface area contributed by atoms with Crippen molar-refractivity contribution in [3.63, 3.8) is 0 Å². The average Bonchev–Trinajstić information content (AvgIpc) is 2.41. The first kappa shape index (κ1) is 17.1. The summed E-state index contributed by atoms with van der Waals surface area (Å²) in [6.45, 7) is 3.35. The van der Waals surface area contributed by atoms with Gasteiger partial charge in [-0.25, -0.2) is 4.39 Å². The zero-order valence-corrected chi connectivity index (χ0v) is 13.4. The van der Waals surface area contributed by atoms with E-state index in [9.17, 15) is 9.18 Å². The summed E-state index contributed by atoms with van der Waals surface area (Å²) in [6.07, 6.45) is -0.0199. The van der Waals surface area contributed by atoms with Gasteiger partial charge in [0.25, 0.3) is 0 Å². The number of primary amides is 1. The first-order valence-electron chi connectivity index (χ1n) is 7.19. The minimum atomic E-state index is -0.363. The quantitative estimate of drug-likeness (QED) is 0.849. The lowest BCUT2D eigenvalue weighted by molar-refractivity contribution is -0.119. The van der Waals surface area contributed by atoms with E-state index in [0.717, 1.165) is 6.54 Å². The first-order chi connectivity index (χ1) is 10.4. The molecule has 7 heteroatoms. The summed E-state index contributed by atoms with van der Waals surface area (Å²) in [7, 11) is 1.83. The molecule has 0 aliphatic carbocycles. The van der Waals surface area contributed by atoms with E-state index in [0.29, 0.717) is 36.8 Å². The van der Waals surface area contributed by atoms with Crippen molar-refractivity contribution in [2.75, 3.05) is 39.8 Å². The van der Waals surface area contributed by atoms with Gasteiger partial charge in [0.15, 0.2) is 0 Å². The maximum absolute atomic E-state index is 13.9. The molecule has 1 aliphatic rings. The van der Waals surface area contributed by atoms with Crippen molar-refractivity contribution < 1.29 is 13.9 Å². The number of hydrogen-bond acceptors (Lipinski definition) is 4. The van der Waals surface area contributed by atoms with Gasteiger partial charge in [0.1, 0.15) is 5.82 Å². The summed E-state index contributed by atoms with van der Waals surface area (Å²) >= 11 is 5.76. The Kier molecular flexibility index (Phi) is 6.14. The van der Waals surface area contributed by atoms with Gasteiger partial charge in [0.2, 0.25) is 5.91 Å². The van der Waals surface area contributed by atoms with Gasteiger partial charge in [-0.05, 0) is 19.2 Å². The lowest BCUT2D eigenvalue weighted by atomic mass is 10.1. The molecular weight excluding hydrogens is 309 g/mol. The summed E-state index contributed by atoms with van der Waals surface area (Å²) < 4.78 is 19.6. The lowest BCUT2D eigenvalue weighted by Crippen LogP contribution is -2.47. The molecule has 5 nitrogen and oxygen atoms in total. The molecule has 0 spiro atoms. The number of likely N-dealkylation sites (N-methyl/N-ethyl adjacent to an activating group) is 1. The van der Waals surface area contributed by atoms with Crippen LogP contribution in [-0.4, -0.2) is 61.6 Å². The molecule has 1 aromatic carbocycles. The Hall–Kier alpha value is -1.21. The van der Waals surface area contributed by atoms with Crippen LogP contribution in [0.4, 0.5) is 4.39 Å². The van der Waals surface area contributed by atoms with Gasteiger partial charge in [-0.15, -0.1) is 0 Å². The van der Waals surface area contributed by atoms with Crippen LogP contribution in [-0.2, 0) is 16.1 Å². The number of rotatable bonds is 6. The predicted molar refractivity (Wildman–Crippen MR) is 83.1 cm³/mol. The fraction of sp³-hybridized carbons (Fsp3) is 0.533. The molecule has 22 heavy (non-hydrogen) atoms. The number of carbonyl (C=O) groups excluding carboxylic acids is 1. The molecule has 1 amide bonds. The second kappa shape index (κ2) is 7.87. The molecule has 1 aliphatic heterocycles. The second-order valence-electron chi connectivity index (χ2n) is 5.63. The van der Waals surface area contributed by atoms with Gasteiger partial charge >= 0.3 is 0 Å². The number of nitrogens with two attached hydrogens (primary N) is 1. The van der Waals surface area contributed by atoms with Gasteiger partial charge in [0, 0.05) is 36.8 Å². The Balaban J connectivity index is 1.89. The molecular formula is C15H21ClFN3O2. The summed E-state index contributed by atoms with van der Waals surface area (Å²) in [5, 5.41) is 0.397. The summed E-state index contributed by atoms with van der Waals surface area (Å²) in [6, 6.07) is 4.73. The maximum Gasteiger partial charge on any atom is 0.231 e. The molecule has 0 bridgehead atoms. The third kappa shape index (κ3) is 5.21. The SMILES string of the molecule is CN(CC(N)=O)CC1CN(Cc2ccc(Cl)cc2F)CCO1. The van der Waals surface area contributed by atoms with Crippen LogP contribution in [0.3, 0.4) is 0 Å². The van der Waals surface area contributed by atoms with Crippen LogP contribution in [0.5, 0.6) is 0 Å². The standard InChI is InChI=1S/C15H21ClFN3O2/c1-19(10-15(18)21)8-13-9-20(4-5-22-13)7-11-2-3-12(16)6-14(11)17/h2-3,6,13H,4-5,7-10H2,1H3,(H2,18,21). The molecule has 122 valence electrons. The molecule has 1 heterocycles. The van der Waals surface area contributed by atoms with E-state index < -0.39 is 0 Å². The van der Waals surface area contributed by atoms with Crippen LogP contribution < -0.4 is 5.73 Å². The monoisotopic (exact) mass is 329 g/mol. The number of amides is 1. The number of benzene rings is 1. The Bertz CT molecular complexity index is 530. The third-order valence-electron chi connectivity index (χ3n) is 3.57. The molecule has 1 unspecified atom stereocenters. The zero-order valence-electron chi connectivity index (χ0n) is 12.6. The Labute approximate surface area is 134 Å². The number of nitrogens with zero attached hydrogens (tertiary/aromatic N) is 2. The van der Waals surface area contributed by atoms with Crippen molar-refractivity contribution in [1.29, 1.82) is 0 Å². The van der Waals surface area contributed by atoms with Crippen LogP contribution in [0, 0.1) is 5.82 Å². The number of morpholine rings is 1. The van der Waals surface area contributed by atoms with E-state index in [1.165, 1.54) is 6.07 Å². The molecule has 0 radical (unpaired) electrons. The fourth-order valence-corrected chi connectivity index (χ4v) is 2.76. The van der Waals surface area contributed by atoms with Gasteiger partial charge in [0.05, 0.1) is 19.3 Å². The van der Waals surface area contributed by atoms with Crippen LogP contribution in [0.1, 0.15) is 5.56 Å². The molecule has 1 saturated heterocycles. The lowest BCUT2D eigenvalue weighted by Gasteiger charge is -2.34. The summed E-state index contributed by atoms with van der Waals surface area (Å²) in [5.41, 5.74) is 5.79. The predicted octanol–water partition coefficient (Wildman–Crippen LogP) is 1.10. The number of carbonyl (C=O) groups is 1.